The first kappa shape index (κ1) is 20.2. The quantitative estimate of drug-likeness (QED) is 0.589. The van der Waals surface area contributed by atoms with Crippen molar-refractivity contribution in [2.75, 3.05) is 19.0 Å². The first-order chi connectivity index (χ1) is 14.0. The molecule has 0 bridgehead atoms. The number of nitrogens with two attached hydrogens (primary N) is 1. The lowest BCUT2D eigenvalue weighted by Gasteiger charge is -2.13. The molecular weight excluding hydrogens is 396 g/mol. The van der Waals surface area contributed by atoms with E-state index in [-0.39, 0.29) is 28.7 Å². The molecule has 0 radical (unpaired) electrons. The Morgan fingerprint density at radius 1 is 1.24 bits per heavy atom. The molecular formula is C20H19ClN4O4. The number of halogens is 1. The molecule has 3 rings (SSSR count). The van der Waals surface area contributed by atoms with Crippen LogP contribution in [-0.2, 0) is 11.3 Å². The Hall–Kier alpha value is -3.52. The number of carbonyl (C=O) groups is 2. The summed E-state index contributed by atoms with van der Waals surface area (Å²) in [4.78, 5) is 23.5. The van der Waals surface area contributed by atoms with Gasteiger partial charge in [-0.05, 0) is 17.7 Å². The Labute approximate surface area is 172 Å². The molecule has 1 heterocycles. The van der Waals surface area contributed by atoms with Gasteiger partial charge in [-0.25, -0.2) is 0 Å². The summed E-state index contributed by atoms with van der Waals surface area (Å²) in [5.41, 5.74) is 6.97. The largest absolute Gasteiger partial charge is 0.493 e. The van der Waals surface area contributed by atoms with E-state index in [1.165, 1.54) is 19.2 Å². The van der Waals surface area contributed by atoms with Gasteiger partial charge in [0.1, 0.15) is 0 Å². The molecule has 0 atom stereocenters. The van der Waals surface area contributed by atoms with Crippen LogP contribution in [0.2, 0.25) is 5.02 Å². The van der Waals surface area contributed by atoms with Gasteiger partial charge in [-0.1, -0.05) is 41.9 Å². The fraction of sp³-hybridized carbons (Fsp3) is 0.150. The van der Waals surface area contributed by atoms with Crippen molar-refractivity contribution in [3.05, 3.63) is 71.0 Å². The van der Waals surface area contributed by atoms with Crippen molar-refractivity contribution in [1.82, 2.24) is 9.78 Å². The van der Waals surface area contributed by atoms with Gasteiger partial charge in [0.05, 0.1) is 30.6 Å². The maximum absolute atomic E-state index is 12.6. The topological polar surface area (TPSA) is 108 Å². The second-order valence-electron chi connectivity index (χ2n) is 6.11. The fourth-order valence-electron chi connectivity index (χ4n) is 2.62. The van der Waals surface area contributed by atoms with Crippen LogP contribution in [0.15, 0.2) is 54.9 Å². The number of aromatic nitrogens is 2. The molecule has 150 valence electrons. The van der Waals surface area contributed by atoms with Gasteiger partial charge in [0.15, 0.2) is 18.1 Å². The van der Waals surface area contributed by atoms with Crippen molar-refractivity contribution in [1.29, 1.82) is 0 Å². The zero-order valence-electron chi connectivity index (χ0n) is 15.6. The van der Waals surface area contributed by atoms with Gasteiger partial charge < -0.3 is 20.5 Å². The molecule has 29 heavy (non-hydrogen) atoms. The Morgan fingerprint density at radius 2 is 2.00 bits per heavy atom. The van der Waals surface area contributed by atoms with Crippen LogP contribution in [0.4, 0.5) is 5.69 Å². The summed E-state index contributed by atoms with van der Waals surface area (Å²) in [5.74, 6) is -0.702. The summed E-state index contributed by atoms with van der Waals surface area (Å²) >= 11 is 6.18. The number of rotatable bonds is 8. The van der Waals surface area contributed by atoms with Crippen LogP contribution < -0.4 is 20.5 Å². The van der Waals surface area contributed by atoms with E-state index in [2.05, 4.69) is 10.4 Å². The smallest absolute Gasteiger partial charge is 0.255 e. The molecule has 9 heteroatoms. The van der Waals surface area contributed by atoms with Crippen LogP contribution in [-0.4, -0.2) is 35.3 Å². The molecule has 0 aliphatic heterocycles. The number of amides is 2. The van der Waals surface area contributed by atoms with Gasteiger partial charge in [0, 0.05) is 11.8 Å². The van der Waals surface area contributed by atoms with E-state index in [9.17, 15) is 9.59 Å². The molecule has 0 saturated heterocycles. The maximum Gasteiger partial charge on any atom is 0.255 e. The third kappa shape index (κ3) is 5.26. The zero-order chi connectivity index (χ0) is 20.8. The molecule has 3 aromatic rings. The highest BCUT2D eigenvalue weighted by atomic mass is 35.5. The number of anilines is 1. The summed E-state index contributed by atoms with van der Waals surface area (Å²) in [7, 11) is 1.40. The zero-order valence-corrected chi connectivity index (χ0v) is 16.3. The lowest BCUT2D eigenvalue weighted by atomic mass is 10.2. The van der Waals surface area contributed by atoms with Crippen molar-refractivity contribution in [2.24, 2.45) is 5.73 Å². The summed E-state index contributed by atoms with van der Waals surface area (Å²) in [6, 6.07) is 12.7. The fourth-order valence-corrected chi connectivity index (χ4v) is 2.89. The van der Waals surface area contributed by atoms with Crippen LogP contribution in [0.1, 0.15) is 15.9 Å². The van der Waals surface area contributed by atoms with Crippen LogP contribution in [0.25, 0.3) is 0 Å². The third-order valence-electron chi connectivity index (χ3n) is 3.93. The Balaban J connectivity index is 1.72. The molecule has 0 saturated carbocycles. The first-order valence-electron chi connectivity index (χ1n) is 8.62. The predicted octanol–water partition coefficient (Wildman–Crippen LogP) is 2.71. The molecule has 8 nitrogen and oxygen atoms in total. The second kappa shape index (κ2) is 9.11. The number of ether oxygens (including phenoxy) is 2. The minimum Gasteiger partial charge on any atom is -0.493 e. The number of hydrogen-bond donors (Lipinski definition) is 2. The average Bonchev–Trinajstić information content (AvgIpc) is 3.13. The number of carbonyl (C=O) groups excluding carboxylic acids is 2. The lowest BCUT2D eigenvalue weighted by molar-refractivity contribution is -0.119. The molecule has 0 fully saturated rings. The third-order valence-corrected chi connectivity index (χ3v) is 4.21. The Kier molecular flexibility index (Phi) is 6.36. The van der Waals surface area contributed by atoms with E-state index < -0.39 is 11.8 Å². The second-order valence-corrected chi connectivity index (χ2v) is 6.52. The number of nitrogens with one attached hydrogen (secondary N) is 1. The number of methoxy groups -OCH3 is 1. The van der Waals surface area contributed by atoms with E-state index in [1.54, 1.807) is 17.1 Å². The number of primary amides is 1. The van der Waals surface area contributed by atoms with Crippen LogP contribution in [0.3, 0.4) is 0 Å². The number of benzene rings is 2. The molecule has 2 aromatic carbocycles. The van der Waals surface area contributed by atoms with Gasteiger partial charge in [-0.2, -0.15) is 5.10 Å². The highest BCUT2D eigenvalue weighted by Gasteiger charge is 2.17. The summed E-state index contributed by atoms with van der Waals surface area (Å²) < 4.78 is 12.2. The molecule has 0 aliphatic carbocycles. The minimum atomic E-state index is -0.655. The lowest BCUT2D eigenvalue weighted by Crippen LogP contribution is -2.20. The van der Waals surface area contributed by atoms with E-state index in [1.807, 2.05) is 30.3 Å². The van der Waals surface area contributed by atoms with Crippen molar-refractivity contribution in [2.45, 2.75) is 6.54 Å². The summed E-state index contributed by atoms with van der Waals surface area (Å²) in [6.45, 7) is 0.227. The minimum absolute atomic E-state index is 0.121. The van der Waals surface area contributed by atoms with Crippen LogP contribution in [0.5, 0.6) is 11.5 Å². The standard InChI is InChI=1S/C20H19ClN4O4/c1-28-17-8-14(7-16(21)19(17)29-12-18(22)26)20(27)24-15-9-23-25(11-15)10-13-5-3-2-4-6-13/h2-9,11H,10,12H2,1H3,(H2,22,26)(H,24,27). The molecule has 0 unspecified atom stereocenters. The van der Waals surface area contributed by atoms with Gasteiger partial charge in [0.25, 0.3) is 11.8 Å². The highest BCUT2D eigenvalue weighted by Crippen LogP contribution is 2.36. The predicted molar refractivity (Wildman–Crippen MR) is 108 cm³/mol. The molecule has 0 aliphatic rings. The van der Waals surface area contributed by atoms with Gasteiger partial charge in [-0.3, -0.25) is 14.3 Å². The summed E-state index contributed by atoms with van der Waals surface area (Å²) in [5, 5.41) is 7.13. The molecule has 0 spiro atoms. The first-order valence-corrected chi connectivity index (χ1v) is 9.00. The van der Waals surface area contributed by atoms with Crippen LogP contribution in [0, 0.1) is 0 Å². The average molecular weight is 415 g/mol. The monoisotopic (exact) mass is 414 g/mol. The molecule has 2 amide bonds. The highest BCUT2D eigenvalue weighted by molar-refractivity contribution is 6.32. The normalized spacial score (nSPS) is 10.4. The Morgan fingerprint density at radius 3 is 2.69 bits per heavy atom. The van der Waals surface area contributed by atoms with E-state index in [4.69, 9.17) is 26.8 Å². The number of hydrogen-bond acceptors (Lipinski definition) is 5. The molecule has 1 aromatic heterocycles. The van der Waals surface area contributed by atoms with Crippen molar-refractivity contribution in [3.63, 3.8) is 0 Å². The number of nitrogens with zero attached hydrogens (tertiary/aromatic N) is 2. The van der Waals surface area contributed by atoms with E-state index in [0.29, 0.717) is 12.2 Å². The van der Waals surface area contributed by atoms with E-state index in [0.717, 1.165) is 5.56 Å². The van der Waals surface area contributed by atoms with Crippen molar-refractivity contribution in [3.8, 4) is 11.5 Å². The van der Waals surface area contributed by atoms with Gasteiger partial charge in [0.2, 0.25) is 0 Å². The SMILES string of the molecule is COc1cc(C(=O)Nc2cnn(Cc3ccccc3)c2)cc(Cl)c1OCC(N)=O. The molecule has 3 N–H and O–H groups in total. The Bertz CT molecular complexity index is 1020. The van der Waals surface area contributed by atoms with E-state index >= 15 is 0 Å². The van der Waals surface area contributed by atoms with Crippen molar-refractivity contribution >= 4 is 29.1 Å². The van der Waals surface area contributed by atoms with Crippen molar-refractivity contribution < 1.29 is 19.1 Å². The van der Waals surface area contributed by atoms with Gasteiger partial charge >= 0.3 is 0 Å². The summed E-state index contributed by atoms with van der Waals surface area (Å²) in [6.07, 6.45) is 3.29. The van der Waals surface area contributed by atoms with Crippen LogP contribution >= 0.6 is 11.6 Å². The maximum atomic E-state index is 12.6. The van der Waals surface area contributed by atoms with Gasteiger partial charge in [-0.15, -0.1) is 0 Å².